The third-order valence-electron chi connectivity index (χ3n) is 2.71. The molecule has 0 saturated carbocycles. The first-order chi connectivity index (χ1) is 8.65. The molecule has 0 aliphatic heterocycles. The number of hydrogen-bond acceptors (Lipinski definition) is 4. The van der Waals surface area contributed by atoms with Gasteiger partial charge in [-0.2, -0.15) is 5.10 Å². The predicted octanol–water partition coefficient (Wildman–Crippen LogP) is 1.39. The van der Waals surface area contributed by atoms with Gasteiger partial charge < -0.3 is 10.5 Å². The molecule has 0 amide bonds. The Kier molecular flexibility index (Phi) is 3.62. The summed E-state index contributed by atoms with van der Waals surface area (Å²) in [7, 11) is 1.65. The van der Waals surface area contributed by atoms with Crippen LogP contribution >= 0.6 is 0 Å². The first-order valence-corrected chi connectivity index (χ1v) is 5.93. The lowest BCUT2D eigenvalue weighted by Crippen LogP contribution is -2.10. The third kappa shape index (κ3) is 2.36. The summed E-state index contributed by atoms with van der Waals surface area (Å²) in [6.07, 6.45) is 0.692. The van der Waals surface area contributed by atoms with E-state index in [1.54, 1.807) is 7.11 Å². The van der Waals surface area contributed by atoms with E-state index in [1.165, 1.54) is 0 Å². The van der Waals surface area contributed by atoms with Crippen LogP contribution in [0.25, 0.3) is 5.69 Å². The Hall–Kier alpha value is -1.88. The summed E-state index contributed by atoms with van der Waals surface area (Å²) in [5, 5.41) is 4.42. The quantitative estimate of drug-likeness (QED) is 0.885. The minimum absolute atomic E-state index is 0.548. The normalized spacial score (nSPS) is 10.7. The van der Waals surface area contributed by atoms with E-state index in [1.807, 2.05) is 36.7 Å². The van der Waals surface area contributed by atoms with E-state index in [0.717, 1.165) is 28.6 Å². The molecule has 1 heterocycles. The maximum absolute atomic E-state index is 5.60. The molecule has 5 nitrogen and oxygen atoms in total. The second kappa shape index (κ2) is 5.18. The summed E-state index contributed by atoms with van der Waals surface area (Å²) >= 11 is 0. The van der Waals surface area contributed by atoms with Crippen molar-refractivity contribution in [2.24, 2.45) is 5.73 Å². The molecule has 2 aromatic rings. The van der Waals surface area contributed by atoms with E-state index in [-0.39, 0.29) is 0 Å². The second-order valence-corrected chi connectivity index (χ2v) is 4.20. The van der Waals surface area contributed by atoms with Crippen molar-refractivity contribution < 1.29 is 4.74 Å². The number of hydrogen-bond donors (Lipinski definition) is 1. The van der Waals surface area contributed by atoms with Crippen molar-refractivity contribution in [3.8, 4) is 11.4 Å². The Morgan fingerprint density at radius 1 is 1.33 bits per heavy atom. The summed E-state index contributed by atoms with van der Waals surface area (Å²) in [5.41, 5.74) is 7.66. The zero-order valence-electron chi connectivity index (χ0n) is 11.0. The summed E-state index contributed by atoms with van der Waals surface area (Å²) in [6, 6.07) is 5.98. The molecule has 0 saturated heterocycles. The van der Waals surface area contributed by atoms with Crippen LogP contribution < -0.4 is 10.5 Å². The van der Waals surface area contributed by atoms with Gasteiger partial charge in [-0.3, -0.25) is 0 Å². The molecule has 1 aromatic carbocycles. The van der Waals surface area contributed by atoms with E-state index in [4.69, 9.17) is 10.5 Å². The molecule has 96 valence electrons. The number of methoxy groups -OCH3 is 1. The molecule has 5 heteroatoms. The second-order valence-electron chi connectivity index (χ2n) is 4.20. The fourth-order valence-electron chi connectivity index (χ4n) is 1.91. The van der Waals surface area contributed by atoms with Crippen molar-refractivity contribution >= 4 is 0 Å². The van der Waals surface area contributed by atoms with Crippen LogP contribution in [0, 0.1) is 13.8 Å². The van der Waals surface area contributed by atoms with Gasteiger partial charge in [0.05, 0.1) is 7.11 Å². The molecule has 18 heavy (non-hydrogen) atoms. The molecule has 0 radical (unpaired) electrons. The lowest BCUT2D eigenvalue weighted by atomic mass is 10.2. The largest absolute Gasteiger partial charge is 0.494 e. The number of benzene rings is 1. The number of aromatic nitrogens is 3. The molecule has 2 N–H and O–H groups in total. The molecule has 0 fully saturated rings. The van der Waals surface area contributed by atoms with E-state index in [9.17, 15) is 0 Å². The third-order valence-corrected chi connectivity index (χ3v) is 2.71. The average molecular weight is 246 g/mol. The molecule has 0 spiro atoms. The van der Waals surface area contributed by atoms with Crippen molar-refractivity contribution in [2.45, 2.75) is 20.3 Å². The van der Waals surface area contributed by atoms with Crippen molar-refractivity contribution in [1.29, 1.82) is 0 Å². The van der Waals surface area contributed by atoms with Gasteiger partial charge in [-0.1, -0.05) is 6.07 Å². The lowest BCUT2D eigenvalue weighted by molar-refractivity contribution is 0.411. The highest BCUT2D eigenvalue weighted by atomic mass is 16.5. The van der Waals surface area contributed by atoms with E-state index >= 15 is 0 Å². The Morgan fingerprint density at radius 3 is 2.78 bits per heavy atom. The van der Waals surface area contributed by atoms with Gasteiger partial charge in [0.2, 0.25) is 0 Å². The van der Waals surface area contributed by atoms with E-state index < -0.39 is 0 Å². The molecule has 0 bridgehead atoms. The van der Waals surface area contributed by atoms with Gasteiger partial charge in [0.15, 0.2) is 0 Å². The Balaban J connectivity index is 2.56. The monoisotopic (exact) mass is 246 g/mol. The van der Waals surface area contributed by atoms with Gasteiger partial charge in [0, 0.05) is 6.42 Å². The van der Waals surface area contributed by atoms with Crippen LogP contribution in [0.4, 0.5) is 0 Å². The van der Waals surface area contributed by atoms with Crippen LogP contribution in [0.15, 0.2) is 18.2 Å². The van der Waals surface area contributed by atoms with Crippen molar-refractivity contribution in [2.75, 3.05) is 13.7 Å². The van der Waals surface area contributed by atoms with Crippen LogP contribution in [0.5, 0.6) is 5.75 Å². The number of rotatable bonds is 4. The Bertz CT molecular complexity index is 548. The molecule has 2 rings (SSSR count). The summed E-state index contributed by atoms with van der Waals surface area (Å²) in [4.78, 5) is 4.40. The topological polar surface area (TPSA) is 66.0 Å². The van der Waals surface area contributed by atoms with Gasteiger partial charge in [0.25, 0.3) is 0 Å². The zero-order chi connectivity index (χ0) is 13.1. The standard InChI is InChI=1S/C13H18N4O/c1-9-4-5-12(18-3)11(8-9)17-13(6-7-14)15-10(2)16-17/h4-5,8H,6-7,14H2,1-3H3. The van der Waals surface area contributed by atoms with E-state index in [0.29, 0.717) is 13.0 Å². The maximum atomic E-state index is 5.60. The number of nitrogens with two attached hydrogens (primary N) is 1. The minimum Gasteiger partial charge on any atom is -0.494 e. The highest BCUT2D eigenvalue weighted by molar-refractivity contribution is 5.48. The fraction of sp³-hybridized carbons (Fsp3) is 0.385. The SMILES string of the molecule is COc1ccc(C)cc1-n1nc(C)nc1CCN. The molecule has 0 atom stereocenters. The summed E-state index contributed by atoms with van der Waals surface area (Å²) in [6.45, 7) is 4.46. The number of aryl methyl sites for hydroxylation is 2. The first kappa shape index (κ1) is 12.6. The van der Waals surface area contributed by atoms with Crippen LogP contribution in [0.2, 0.25) is 0 Å². The summed E-state index contributed by atoms with van der Waals surface area (Å²) in [5.74, 6) is 2.38. The fourth-order valence-corrected chi connectivity index (χ4v) is 1.91. The van der Waals surface area contributed by atoms with Gasteiger partial charge in [-0.05, 0) is 38.1 Å². The maximum Gasteiger partial charge on any atom is 0.148 e. The molecular formula is C13H18N4O. The predicted molar refractivity (Wildman–Crippen MR) is 70.1 cm³/mol. The van der Waals surface area contributed by atoms with Crippen molar-refractivity contribution in [1.82, 2.24) is 14.8 Å². The molecular weight excluding hydrogens is 228 g/mol. The Morgan fingerprint density at radius 2 is 2.11 bits per heavy atom. The van der Waals surface area contributed by atoms with Crippen LogP contribution in [0.3, 0.4) is 0 Å². The van der Waals surface area contributed by atoms with Crippen molar-refractivity contribution in [3.63, 3.8) is 0 Å². The van der Waals surface area contributed by atoms with Gasteiger partial charge in [-0.25, -0.2) is 9.67 Å². The van der Waals surface area contributed by atoms with Crippen LogP contribution in [0.1, 0.15) is 17.2 Å². The van der Waals surface area contributed by atoms with Gasteiger partial charge >= 0.3 is 0 Å². The highest BCUT2D eigenvalue weighted by Gasteiger charge is 2.13. The first-order valence-electron chi connectivity index (χ1n) is 5.93. The molecule has 0 aliphatic carbocycles. The molecule has 0 aliphatic rings. The smallest absolute Gasteiger partial charge is 0.148 e. The molecule has 0 unspecified atom stereocenters. The summed E-state index contributed by atoms with van der Waals surface area (Å²) < 4.78 is 7.19. The van der Waals surface area contributed by atoms with E-state index in [2.05, 4.69) is 10.1 Å². The average Bonchev–Trinajstić information content (AvgIpc) is 2.71. The zero-order valence-corrected chi connectivity index (χ0v) is 11.0. The molecule has 1 aromatic heterocycles. The van der Waals surface area contributed by atoms with Crippen LogP contribution in [-0.4, -0.2) is 28.4 Å². The lowest BCUT2D eigenvalue weighted by Gasteiger charge is -2.11. The Labute approximate surface area is 107 Å². The van der Waals surface area contributed by atoms with Crippen LogP contribution in [-0.2, 0) is 6.42 Å². The number of nitrogens with zero attached hydrogens (tertiary/aromatic N) is 3. The minimum atomic E-state index is 0.548. The van der Waals surface area contributed by atoms with Crippen molar-refractivity contribution in [3.05, 3.63) is 35.4 Å². The number of ether oxygens (including phenoxy) is 1. The van der Waals surface area contributed by atoms with Gasteiger partial charge in [0.1, 0.15) is 23.1 Å². The highest BCUT2D eigenvalue weighted by Crippen LogP contribution is 2.24. The van der Waals surface area contributed by atoms with Gasteiger partial charge in [-0.15, -0.1) is 0 Å².